The molecule has 0 radical (unpaired) electrons. The van der Waals surface area contributed by atoms with Gasteiger partial charge in [-0.15, -0.1) is 0 Å². The van der Waals surface area contributed by atoms with E-state index in [-0.39, 0.29) is 30.5 Å². The predicted molar refractivity (Wildman–Crippen MR) is 161 cm³/mol. The first-order chi connectivity index (χ1) is 21.6. The summed E-state index contributed by atoms with van der Waals surface area (Å²) in [5, 5.41) is 6.20. The smallest absolute Gasteiger partial charge is 0.416 e. The van der Waals surface area contributed by atoms with Crippen molar-refractivity contribution in [2.24, 2.45) is 0 Å². The fraction of sp³-hybridized carbons (Fsp3) is 0.229. The fourth-order valence-corrected chi connectivity index (χ4v) is 5.92. The zero-order valence-corrected chi connectivity index (χ0v) is 24.6. The van der Waals surface area contributed by atoms with Crippen LogP contribution >= 0.6 is 0 Å². The van der Waals surface area contributed by atoms with Crippen LogP contribution in [0.25, 0.3) is 0 Å². The summed E-state index contributed by atoms with van der Waals surface area (Å²) in [6.07, 6.45) is -2.07. The number of alkyl halides is 3. The number of carbonyl (C=O) groups excluding carboxylic acids is 2. The molecule has 4 aromatic rings. The van der Waals surface area contributed by atoms with E-state index in [9.17, 15) is 22.8 Å². The van der Waals surface area contributed by atoms with Crippen molar-refractivity contribution in [3.8, 4) is 5.75 Å². The number of Topliss-reactive ketones (excluding diaryl/α,β-unsaturated/α-hetero) is 1. The number of hydrogen-bond acceptors (Lipinski definition) is 6. The molecule has 1 amide bonds. The zero-order chi connectivity index (χ0) is 31.7. The minimum atomic E-state index is -4.50. The highest BCUT2D eigenvalue weighted by Crippen LogP contribution is 2.46. The average molecular weight is 614 g/mol. The van der Waals surface area contributed by atoms with Crippen molar-refractivity contribution in [3.05, 3.63) is 136 Å². The highest BCUT2D eigenvalue weighted by atomic mass is 19.4. The number of dihydropyridines is 1. The molecule has 6 rings (SSSR count). The summed E-state index contributed by atoms with van der Waals surface area (Å²) in [6.45, 7) is 3.52. The maximum absolute atomic E-state index is 13.9. The van der Waals surface area contributed by atoms with E-state index in [1.807, 2.05) is 43.3 Å². The molecule has 0 spiro atoms. The largest absolute Gasteiger partial charge is 0.486 e. The maximum atomic E-state index is 13.9. The summed E-state index contributed by atoms with van der Waals surface area (Å²) in [6, 6.07) is 21.3. The van der Waals surface area contributed by atoms with Crippen molar-refractivity contribution in [1.82, 2.24) is 10.3 Å². The van der Waals surface area contributed by atoms with Gasteiger partial charge in [0.05, 0.1) is 17.1 Å². The number of ketones is 1. The van der Waals surface area contributed by atoms with Crippen LogP contribution in [-0.2, 0) is 22.4 Å². The lowest BCUT2D eigenvalue weighted by Gasteiger charge is -2.36. The summed E-state index contributed by atoms with van der Waals surface area (Å²) in [4.78, 5) is 32.0. The summed E-state index contributed by atoms with van der Waals surface area (Å²) >= 11 is 0. The first-order valence-electron chi connectivity index (χ1n) is 14.5. The van der Waals surface area contributed by atoms with E-state index in [0.29, 0.717) is 40.6 Å². The van der Waals surface area contributed by atoms with Crippen LogP contribution in [0.4, 0.5) is 19.0 Å². The summed E-state index contributed by atoms with van der Waals surface area (Å²) in [5.74, 6) is -0.321. The molecule has 230 valence electrons. The van der Waals surface area contributed by atoms with E-state index in [1.54, 1.807) is 31.3 Å². The number of nitrogens with zero attached hydrogens (tertiary/aromatic N) is 1. The van der Waals surface area contributed by atoms with E-state index in [0.717, 1.165) is 29.0 Å². The van der Waals surface area contributed by atoms with Crippen LogP contribution in [0.2, 0.25) is 0 Å². The molecule has 10 heteroatoms. The SMILES string of the molecule is CC1=C(C(=O)Nc2cc(C)ccn2)[C@H](c2ccc(COc3cccc(C(F)(F)F)c3)o2)C2=C(C[C@H](c3ccccc3)CC2=O)N1. The number of ether oxygens (including phenoxy) is 1. The van der Waals surface area contributed by atoms with Crippen molar-refractivity contribution < 1.29 is 31.9 Å². The number of nitrogens with one attached hydrogen (secondary N) is 2. The van der Waals surface area contributed by atoms with Gasteiger partial charge in [-0.3, -0.25) is 9.59 Å². The topological polar surface area (TPSA) is 93.5 Å². The Hall–Kier alpha value is -5.12. The standard InChI is InChI=1S/C35H30F3N3O4/c1-20-13-14-39-30(15-20)41-34(43)31-21(2)40-27-16-23(22-7-4-3-5-8-22)17-28(42)32(27)33(31)29-12-11-26(45-29)19-44-25-10-6-9-24(18-25)35(36,37)38/h3-15,18,23,33,40H,16-17,19H2,1-2H3,(H,39,41,43)/t23-,33-/m0/s1. The van der Waals surface area contributed by atoms with E-state index >= 15 is 0 Å². The number of hydrogen-bond donors (Lipinski definition) is 2. The van der Waals surface area contributed by atoms with Gasteiger partial charge in [-0.1, -0.05) is 36.4 Å². The lowest BCUT2D eigenvalue weighted by atomic mass is 9.73. The molecule has 0 unspecified atom stereocenters. The van der Waals surface area contributed by atoms with Crippen molar-refractivity contribution in [2.45, 2.75) is 51.3 Å². The van der Waals surface area contributed by atoms with E-state index in [2.05, 4.69) is 15.6 Å². The predicted octanol–water partition coefficient (Wildman–Crippen LogP) is 7.58. The lowest BCUT2D eigenvalue weighted by molar-refractivity contribution is -0.137. The lowest BCUT2D eigenvalue weighted by Crippen LogP contribution is -2.37. The number of aromatic nitrogens is 1. The Bertz CT molecular complexity index is 1820. The molecule has 1 aliphatic heterocycles. The van der Waals surface area contributed by atoms with Crippen LogP contribution in [0.5, 0.6) is 5.75 Å². The normalized spacial score (nSPS) is 18.4. The number of amides is 1. The van der Waals surface area contributed by atoms with Gasteiger partial charge in [-0.2, -0.15) is 13.2 Å². The van der Waals surface area contributed by atoms with Crippen LogP contribution in [-0.4, -0.2) is 16.7 Å². The molecule has 1 aliphatic carbocycles. The van der Waals surface area contributed by atoms with Crippen LogP contribution in [0.15, 0.2) is 112 Å². The second-order valence-corrected chi connectivity index (χ2v) is 11.2. The van der Waals surface area contributed by atoms with Crippen LogP contribution in [0, 0.1) is 6.92 Å². The van der Waals surface area contributed by atoms with Gasteiger partial charge in [0.25, 0.3) is 5.91 Å². The van der Waals surface area contributed by atoms with Gasteiger partial charge in [0.15, 0.2) is 5.78 Å². The Morgan fingerprint density at radius 2 is 1.82 bits per heavy atom. The Morgan fingerprint density at radius 3 is 2.58 bits per heavy atom. The second kappa shape index (κ2) is 12.1. The highest BCUT2D eigenvalue weighted by molar-refractivity contribution is 6.09. The molecule has 3 heterocycles. The number of pyridine rings is 1. The second-order valence-electron chi connectivity index (χ2n) is 11.2. The first kappa shape index (κ1) is 29.9. The fourth-order valence-electron chi connectivity index (χ4n) is 5.92. The molecule has 0 saturated heterocycles. The number of anilines is 1. The van der Waals surface area contributed by atoms with Gasteiger partial charge in [0.2, 0.25) is 0 Å². The van der Waals surface area contributed by atoms with Crippen molar-refractivity contribution in [3.63, 3.8) is 0 Å². The third-order valence-corrected chi connectivity index (χ3v) is 8.01. The van der Waals surface area contributed by atoms with Gasteiger partial charge in [-0.05, 0) is 79.8 Å². The van der Waals surface area contributed by atoms with Gasteiger partial charge >= 0.3 is 6.18 Å². The molecule has 2 N–H and O–H groups in total. The molecule has 2 aliphatic rings. The monoisotopic (exact) mass is 613 g/mol. The number of aryl methyl sites for hydroxylation is 1. The summed E-state index contributed by atoms with van der Waals surface area (Å²) < 4.78 is 51.3. The van der Waals surface area contributed by atoms with Crippen LogP contribution < -0.4 is 15.4 Å². The molecule has 2 atom stereocenters. The average Bonchev–Trinajstić information content (AvgIpc) is 3.48. The molecule has 0 bridgehead atoms. The maximum Gasteiger partial charge on any atom is 0.416 e. The first-order valence-corrected chi connectivity index (χ1v) is 14.5. The van der Waals surface area contributed by atoms with Gasteiger partial charge in [0.1, 0.15) is 29.7 Å². The third kappa shape index (κ3) is 6.40. The quantitative estimate of drug-likeness (QED) is 0.223. The Labute approximate surface area is 257 Å². The molecule has 0 fully saturated rings. The Kier molecular flexibility index (Phi) is 8.05. The molecule has 0 saturated carbocycles. The van der Waals surface area contributed by atoms with Gasteiger partial charge in [0, 0.05) is 29.6 Å². The van der Waals surface area contributed by atoms with Crippen LogP contribution in [0.1, 0.15) is 59.8 Å². The Balaban J connectivity index is 1.33. The van der Waals surface area contributed by atoms with E-state index in [4.69, 9.17) is 9.15 Å². The number of carbonyl (C=O) groups is 2. The van der Waals surface area contributed by atoms with Crippen molar-refractivity contribution in [1.29, 1.82) is 0 Å². The van der Waals surface area contributed by atoms with Gasteiger partial charge in [-0.25, -0.2) is 4.98 Å². The number of allylic oxidation sites excluding steroid dienone is 3. The number of halogens is 3. The third-order valence-electron chi connectivity index (χ3n) is 8.01. The highest BCUT2D eigenvalue weighted by Gasteiger charge is 2.42. The molecular weight excluding hydrogens is 583 g/mol. The molecular formula is C35H30F3N3O4. The van der Waals surface area contributed by atoms with E-state index in [1.165, 1.54) is 12.1 Å². The minimum Gasteiger partial charge on any atom is -0.486 e. The van der Waals surface area contributed by atoms with Crippen molar-refractivity contribution >= 4 is 17.5 Å². The molecule has 45 heavy (non-hydrogen) atoms. The Morgan fingerprint density at radius 1 is 1.02 bits per heavy atom. The van der Waals surface area contributed by atoms with E-state index < -0.39 is 23.6 Å². The summed E-state index contributed by atoms with van der Waals surface area (Å²) in [7, 11) is 0. The number of furan rings is 1. The molecule has 2 aromatic carbocycles. The number of rotatable bonds is 7. The minimum absolute atomic E-state index is 0.0294. The van der Waals surface area contributed by atoms with Crippen LogP contribution in [0.3, 0.4) is 0 Å². The number of benzene rings is 2. The summed E-state index contributed by atoms with van der Waals surface area (Å²) in [5.41, 5.74) is 3.21. The molecule has 7 nitrogen and oxygen atoms in total. The van der Waals surface area contributed by atoms with Gasteiger partial charge < -0.3 is 19.8 Å². The molecule has 2 aromatic heterocycles. The zero-order valence-electron chi connectivity index (χ0n) is 24.6. The van der Waals surface area contributed by atoms with Crippen molar-refractivity contribution in [2.75, 3.05) is 5.32 Å².